The van der Waals surface area contributed by atoms with E-state index in [0.717, 1.165) is 5.56 Å². The van der Waals surface area contributed by atoms with Gasteiger partial charge in [0, 0.05) is 0 Å². The lowest BCUT2D eigenvalue weighted by Crippen LogP contribution is -2.33. The van der Waals surface area contributed by atoms with Crippen molar-refractivity contribution in [1.82, 2.24) is 0 Å². The number of carboxylic acids is 1. The minimum Gasteiger partial charge on any atom is -0.480 e. The summed E-state index contributed by atoms with van der Waals surface area (Å²) in [6.45, 7) is 3.52. The molecule has 1 unspecified atom stereocenters. The Balaban J connectivity index is 3.05. The van der Waals surface area contributed by atoms with Crippen LogP contribution in [0.3, 0.4) is 0 Å². The first-order chi connectivity index (χ1) is 7.95. The average molecular weight is 237 g/mol. The van der Waals surface area contributed by atoms with E-state index in [1.54, 1.807) is 19.9 Å². The second-order valence-corrected chi connectivity index (χ2v) is 3.72. The van der Waals surface area contributed by atoms with E-state index in [1.807, 2.05) is 0 Å². The van der Waals surface area contributed by atoms with Gasteiger partial charge < -0.3 is 15.6 Å². The smallest absolute Gasteiger partial charge is 0.339 e. The van der Waals surface area contributed by atoms with Gasteiger partial charge in [-0.05, 0) is 25.5 Å². The van der Waals surface area contributed by atoms with Crippen LogP contribution in [0.1, 0.15) is 29.3 Å². The Morgan fingerprint density at radius 1 is 1.47 bits per heavy atom. The van der Waals surface area contributed by atoms with Crippen molar-refractivity contribution in [1.29, 1.82) is 0 Å². The van der Waals surface area contributed by atoms with E-state index in [9.17, 15) is 9.59 Å². The molecule has 1 rings (SSSR count). The number of carbonyl (C=O) groups excluding carboxylic acids is 1. The number of hydrogen-bond acceptors (Lipinski definition) is 3. The summed E-state index contributed by atoms with van der Waals surface area (Å²) in [6.07, 6.45) is -0.418. The van der Waals surface area contributed by atoms with Gasteiger partial charge in [0.25, 0.3) is 5.91 Å². The van der Waals surface area contributed by atoms with Crippen molar-refractivity contribution in [2.24, 2.45) is 5.73 Å². The Labute approximate surface area is 99.2 Å². The van der Waals surface area contributed by atoms with Crippen molar-refractivity contribution in [2.45, 2.75) is 26.4 Å². The van der Waals surface area contributed by atoms with E-state index in [1.165, 1.54) is 12.1 Å². The first-order valence-corrected chi connectivity index (χ1v) is 5.25. The zero-order valence-electron chi connectivity index (χ0n) is 9.77. The predicted octanol–water partition coefficient (Wildman–Crippen LogP) is 1.34. The van der Waals surface area contributed by atoms with Crippen LogP contribution in [0.4, 0.5) is 0 Å². The number of aromatic carboxylic acids is 1. The number of aryl methyl sites for hydroxylation is 1. The second-order valence-electron chi connectivity index (χ2n) is 3.72. The van der Waals surface area contributed by atoms with E-state index in [-0.39, 0.29) is 11.3 Å². The number of amides is 1. The molecule has 3 N–H and O–H groups in total. The summed E-state index contributed by atoms with van der Waals surface area (Å²) in [5, 5.41) is 9.02. The van der Waals surface area contributed by atoms with Gasteiger partial charge in [0.15, 0.2) is 6.10 Å². The number of primary amides is 1. The molecule has 1 aromatic carbocycles. The van der Waals surface area contributed by atoms with Crippen molar-refractivity contribution >= 4 is 11.9 Å². The number of nitrogens with two attached hydrogens (primary N) is 1. The molecule has 1 amide bonds. The lowest BCUT2D eigenvalue weighted by Gasteiger charge is -2.16. The Morgan fingerprint density at radius 2 is 2.12 bits per heavy atom. The molecule has 0 saturated carbocycles. The zero-order valence-corrected chi connectivity index (χ0v) is 9.77. The summed E-state index contributed by atoms with van der Waals surface area (Å²) in [7, 11) is 0. The molecule has 1 atom stereocenters. The molecule has 0 radical (unpaired) electrons. The van der Waals surface area contributed by atoms with Crippen molar-refractivity contribution in [3.63, 3.8) is 0 Å². The van der Waals surface area contributed by atoms with Gasteiger partial charge in [-0.2, -0.15) is 0 Å². The van der Waals surface area contributed by atoms with Crippen LogP contribution in [-0.4, -0.2) is 23.1 Å². The molecular formula is C12H15NO4. The van der Waals surface area contributed by atoms with Gasteiger partial charge in [-0.25, -0.2) is 4.79 Å². The number of benzene rings is 1. The van der Waals surface area contributed by atoms with Gasteiger partial charge in [0.2, 0.25) is 0 Å². The average Bonchev–Trinajstić information content (AvgIpc) is 2.26. The minimum absolute atomic E-state index is 0.0321. The number of hydrogen-bond donors (Lipinski definition) is 2. The summed E-state index contributed by atoms with van der Waals surface area (Å²) < 4.78 is 5.32. The molecule has 0 aliphatic carbocycles. The second kappa shape index (κ2) is 5.34. The fourth-order valence-corrected chi connectivity index (χ4v) is 1.41. The maximum Gasteiger partial charge on any atom is 0.339 e. The fourth-order valence-electron chi connectivity index (χ4n) is 1.41. The molecule has 92 valence electrons. The summed E-state index contributed by atoms with van der Waals surface area (Å²) in [5.74, 6) is -1.54. The number of carboxylic acid groups (broad SMARTS) is 1. The van der Waals surface area contributed by atoms with Crippen molar-refractivity contribution < 1.29 is 19.4 Å². The lowest BCUT2D eigenvalue weighted by atomic mass is 10.1. The van der Waals surface area contributed by atoms with Crippen molar-refractivity contribution in [3.8, 4) is 5.75 Å². The normalized spacial score (nSPS) is 11.9. The van der Waals surface area contributed by atoms with Gasteiger partial charge in [-0.3, -0.25) is 4.79 Å². The quantitative estimate of drug-likeness (QED) is 0.808. The van der Waals surface area contributed by atoms with Gasteiger partial charge in [0.1, 0.15) is 11.3 Å². The Morgan fingerprint density at radius 3 is 2.59 bits per heavy atom. The molecule has 0 bridgehead atoms. The third kappa shape index (κ3) is 3.21. The highest BCUT2D eigenvalue weighted by Gasteiger charge is 2.19. The first-order valence-electron chi connectivity index (χ1n) is 5.25. The summed E-state index contributed by atoms with van der Waals surface area (Å²) in [6, 6.07) is 4.74. The van der Waals surface area contributed by atoms with Gasteiger partial charge in [-0.15, -0.1) is 0 Å². The minimum atomic E-state index is -1.09. The van der Waals surface area contributed by atoms with Crippen LogP contribution >= 0.6 is 0 Å². The van der Waals surface area contributed by atoms with E-state index < -0.39 is 18.0 Å². The third-order valence-electron chi connectivity index (χ3n) is 2.32. The summed E-state index contributed by atoms with van der Waals surface area (Å²) in [5.41, 5.74) is 5.98. The molecule has 0 fully saturated rings. The van der Waals surface area contributed by atoms with E-state index >= 15 is 0 Å². The number of carbonyl (C=O) groups is 2. The molecule has 5 nitrogen and oxygen atoms in total. The molecule has 0 spiro atoms. The topological polar surface area (TPSA) is 89.6 Å². The maximum atomic E-state index is 11.0. The zero-order chi connectivity index (χ0) is 13.0. The highest BCUT2D eigenvalue weighted by molar-refractivity contribution is 5.91. The van der Waals surface area contributed by atoms with Crippen LogP contribution in [0.5, 0.6) is 5.75 Å². The van der Waals surface area contributed by atoms with E-state index in [4.69, 9.17) is 15.6 Å². The van der Waals surface area contributed by atoms with Crippen LogP contribution in [0, 0.1) is 6.92 Å². The number of rotatable bonds is 5. The Kier molecular flexibility index (Phi) is 4.09. The fraction of sp³-hybridized carbons (Fsp3) is 0.333. The molecule has 1 aromatic rings. The molecule has 17 heavy (non-hydrogen) atoms. The predicted molar refractivity (Wildman–Crippen MR) is 62.0 cm³/mol. The number of ether oxygens (including phenoxy) is 1. The van der Waals surface area contributed by atoms with Gasteiger partial charge in [-0.1, -0.05) is 18.6 Å². The highest BCUT2D eigenvalue weighted by atomic mass is 16.5. The molecule has 0 aliphatic rings. The molecular weight excluding hydrogens is 222 g/mol. The molecule has 5 heteroatoms. The monoisotopic (exact) mass is 237 g/mol. The molecule has 0 aliphatic heterocycles. The SMILES string of the molecule is CCC(Oc1ccc(C)cc1C(=O)O)C(N)=O. The van der Waals surface area contributed by atoms with Crippen LogP contribution in [0.15, 0.2) is 18.2 Å². The third-order valence-corrected chi connectivity index (χ3v) is 2.32. The molecule has 0 aromatic heterocycles. The van der Waals surface area contributed by atoms with Crippen LogP contribution in [0.2, 0.25) is 0 Å². The van der Waals surface area contributed by atoms with Crippen molar-refractivity contribution in [2.75, 3.05) is 0 Å². The Bertz CT molecular complexity index is 442. The van der Waals surface area contributed by atoms with Gasteiger partial charge in [0.05, 0.1) is 0 Å². The lowest BCUT2D eigenvalue weighted by molar-refractivity contribution is -0.124. The molecule has 0 heterocycles. The maximum absolute atomic E-state index is 11.0. The summed E-state index contributed by atoms with van der Waals surface area (Å²) in [4.78, 5) is 22.1. The summed E-state index contributed by atoms with van der Waals surface area (Å²) >= 11 is 0. The van der Waals surface area contributed by atoms with Crippen molar-refractivity contribution in [3.05, 3.63) is 29.3 Å². The van der Waals surface area contributed by atoms with Crippen LogP contribution in [0.25, 0.3) is 0 Å². The van der Waals surface area contributed by atoms with Crippen LogP contribution in [-0.2, 0) is 4.79 Å². The van der Waals surface area contributed by atoms with E-state index in [0.29, 0.717) is 6.42 Å². The standard InChI is InChI=1S/C12H15NO4/c1-3-9(11(13)14)17-10-5-4-7(2)6-8(10)12(15)16/h4-6,9H,3H2,1-2H3,(H2,13,14)(H,15,16). The van der Waals surface area contributed by atoms with Crippen LogP contribution < -0.4 is 10.5 Å². The first kappa shape index (κ1) is 13.0. The highest BCUT2D eigenvalue weighted by Crippen LogP contribution is 2.21. The molecule has 0 saturated heterocycles. The van der Waals surface area contributed by atoms with E-state index in [2.05, 4.69) is 0 Å². The largest absolute Gasteiger partial charge is 0.480 e. The van der Waals surface area contributed by atoms with Gasteiger partial charge >= 0.3 is 5.97 Å². The Hall–Kier alpha value is -2.04.